The molecule has 3 N–H and O–H groups in total. The van der Waals surface area contributed by atoms with Crippen molar-refractivity contribution in [3.8, 4) is 5.75 Å². The topological polar surface area (TPSA) is 78.4 Å². The molecule has 23 heavy (non-hydrogen) atoms. The molecule has 0 saturated heterocycles. The van der Waals surface area contributed by atoms with Crippen molar-refractivity contribution in [2.24, 2.45) is 17.8 Å². The summed E-state index contributed by atoms with van der Waals surface area (Å²) in [6.45, 7) is 3.83. The second-order valence-electron chi connectivity index (χ2n) is 7.08. The van der Waals surface area contributed by atoms with Gasteiger partial charge >= 0.3 is 11.8 Å². The summed E-state index contributed by atoms with van der Waals surface area (Å²) in [5.74, 6) is 0.576. The van der Waals surface area contributed by atoms with Gasteiger partial charge < -0.3 is 15.7 Å². The number of phenolic OH excluding ortho intramolecular Hbond substituents is 1. The highest BCUT2D eigenvalue weighted by Gasteiger charge is 2.42. The van der Waals surface area contributed by atoms with Crippen LogP contribution < -0.4 is 10.6 Å². The Morgan fingerprint density at radius 2 is 2.00 bits per heavy atom. The Kier molecular flexibility index (Phi) is 4.28. The number of carbonyl (C=O) groups is 2. The van der Waals surface area contributed by atoms with E-state index in [2.05, 4.69) is 10.6 Å². The van der Waals surface area contributed by atoms with E-state index in [0.717, 1.165) is 17.9 Å². The Labute approximate surface area is 136 Å². The monoisotopic (exact) mass is 316 g/mol. The molecule has 2 saturated carbocycles. The van der Waals surface area contributed by atoms with Gasteiger partial charge in [-0.2, -0.15) is 0 Å². The molecule has 2 amide bonds. The maximum Gasteiger partial charge on any atom is 0.313 e. The van der Waals surface area contributed by atoms with Crippen LogP contribution in [-0.4, -0.2) is 23.0 Å². The summed E-state index contributed by atoms with van der Waals surface area (Å²) in [6.07, 6.45) is 4.99. The van der Waals surface area contributed by atoms with Crippen LogP contribution in [0.2, 0.25) is 0 Å². The normalized spacial score (nSPS) is 26.8. The van der Waals surface area contributed by atoms with Crippen LogP contribution in [0.5, 0.6) is 5.75 Å². The molecule has 1 aromatic rings. The van der Waals surface area contributed by atoms with E-state index in [4.69, 9.17) is 0 Å². The Bertz CT molecular complexity index is 629. The van der Waals surface area contributed by atoms with Crippen LogP contribution in [0.3, 0.4) is 0 Å². The fraction of sp³-hybridized carbons (Fsp3) is 0.556. The predicted molar refractivity (Wildman–Crippen MR) is 88.0 cm³/mol. The minimum atomic E-state index is -0.737. The van der Waals surface area contributed by atoms with Gasteiger partial charge in [0, 0.05) is 6.04 Å². The van der Waals surface area contributed by atoms with E-state index in [9.17, 15) is 14.7 Å². The van der Waals surface area contributed by atoms with Gasteiger partial charge in [0.05, 0.1) is 5.69 Å². The average Bonchev–Trinajstić information content (AvgIpc) is 3.12. The maximum atomic E-state index is 12.1. The molecule has 4 atom stereocenters. The number of rotatable bonds is 3. The molecule has 2 fully saturated rings. The molecule has 2 aliphatic rings. The number of carbonyl (C=O) groups excluding carboxylic acids is 2. The summed E-state index contributed by atoms with van der Waals surface area (Å²) in [7, 11) is 0. The zero-order valence-electron chi connectivity index (χ0n) is 13.6. The fourth-order valence-corrected chi connectivity index (χ4v) is 4.21. The van der Waals surface area contributed by atoms with Crippen molar-refractivity contribution in [3.63, 3.8) is 0 Å². The van der Waals surface area contributed by atoms with Gasteiger partial charge in [0.15, 0.2) is 0 Å². The van der Waals surface area contributed by atoms with Gasteiger partial charge in [0.1, 0.15) is 5.75 Å². The van der Waals surface area contributed by atoms with Crippen molar-refractivity contribution in [1.29, 1.82) is 0 Å². The number of aryl methyl sites for hydroxylation is 1. The molecule has 1 aromatic carbocycles. The number of fused-ring (bicyclic) bond motifs is 2. The minimum Gasteiger partial charge on any atom is -0.506 e. The standard InChI is InChI=1S/C18H24N2O3/c1-10-3-6-15(16(21)7-10)20-18(23)17(22)19-11(2)14-9-12-4-5-13(14)8-12/h3,6-7,11-14,21H,4-5,8-9H2,1-2H3,(H,19,22)(H,20,23). The summed E-state index contributed by atoms with van der Waals surface area (Å²) in [5, 5.41) is 15.1. The van der Waals surface area contributed by atoms with Crippen LogP contribution in [0.4, 0.5) is 5.69 Å². The summed E-state index contributed by atoms with van der Waals surface area (Å²) in [4.78, 5) is 24.1. The van der Waals surface area contributed by atoms with Gasteiger partial charge in [-0.15, -0.1) is 0 Å². The quantitative estimate of drug-likeness (QED) is 0.592. The molecule has 124 valence electrons. The number of nitrogens with one attached hydrogen (secondary N) is 2. The minimum absolute atomic E-state index is 0.00941. The zero-order valence-corrected chi connectivity index (χ0v) is 13.6. The lowest BCUT2D eigenvalue weighted by atomic mass is 9.84. The number of phenols is 1. The first-order chi connectivity index (χ1) is 10.9. The van der Waals surface area contributed by atoms with Crippen molar-refractivity contribution >= 4 is 17.5 Å². The lowest BCUT2D eigenvalue weighted by Crippen LogP contribution is -2.45. The Hall–Kier alpha value is -2.04. The van der Waals surface area contributed by atoms with Crippen molar-refractivity contribution in [2.75, 3.05) is 5.32 Å². The first-order valence-electron chi connectivity index (χ1n) is 8.35. The lowest BCUT2D eigenvalue weighted by molar-refractivity contribution is -0.136. The van der Waals surface area contributed by atoms with E-state index in [0.29, 0.717) is 11.8 Å². The number of anilines is 1. The second-order valence-corrected chi connectivity index (χ2v) is 7.08. The molecule has 0 radical (unpaired) electrons. The number of amides is 2. The molecule has 0 spiro atoms. The van der Waals surface area contributed by atoms with E-state index in [1.165, 1.54) is 19.3 Å². The van der Waals surface area contributed by atoms with Crippen LogP contribution in [0, 0.1) is 24.7 Å². The maximum absolute atomic E-state index is 12.1. The van der Waals surface area contributed by atoms with Crippen LogP contribution in [-0.2, 0) is 9.59 Å². The third kappa shape index (κ3) is 3.33. The summed E-state index contributed by atoms with van der Waals surface area (Å²) in [5.41, 5.74) is 1.14. The van der Waals surface area contributed by atoms with E-state index in [-0.39, 0.29) is 17.5 Å². The third-order valence-electron chi connectivity index (χ3n) is 5.40. The van der Waals surface area contributed by atoms with Gasteiger partial charge in [-0.3, -0.25) is 9.59 Å². The Morgan fingerprint density at radius 3 is 2.61 bits per heavy atom. The molecule has 5 nitrogen and oxygen atoms in total. The summed E-state index contributed by atoms with van der Waals surface area (Å²) < 4.78 is 0. The molecular formula is C18H24N2O3. The van der Waals surface area contributed by atoms with E-state index in [1.54, 1.807) is 18.2 Å². The average molecular weight is 316 g/mol. The SMILES string of the molecule is Cc1ccc(NC(=O)C(=O)NC(C)C2CC3CCC2C3)c(O)c1. The molecule has 5 heteroatoms. The van der Waals surface area contributed by atoms with E-state index >= 15 is 0 Å². The number of hydrogen-bond acceptors (Lipinski definition) is 3. The van der Waals surface area contributed by atoms with Gasteiger partial charge in [-0.25, -0.2) is 0 Å². The molecule has 3 rings (SSSR count). The van der Waals surface area contributed by atoms with Crippen molar-refractivity contribution < 1.29 is 14.7 Å². The van der Waals surface area contributed by atoms with E-state index in [1.807, 2.05) is 13.8 Å². The number of benzene rings is 1. The number of aromatic hydroxyl groups is 1. The fourth-order valence-electron chi connectivity index (χ4n) is 4.21. The second kappa shape index (κ2) is 6.22. The first kappa shape index (κ1) is 15.8. The smallest absolute Gasteiger partial charge is 0.313 e. The Morgan fingerprint density at radius 1 is 1.22 bits per heavy atom. The summed E-state index contributed by atoms with van der Waals surface area (Å²) in [6, 6.07) is 4.92. The van der Waals surface area contributed by atoms with Crippen molar-refractivity contribution in [1.82, 2.24) is 5.32 Å². The van der Waals surface area contributed by atoms with Gasteiger partial charge in [0.25, 0.3) is 0 Å². The molecule has 0 aromatic heterocycles. The highest BCUT2D eigenvalue weighted by atomic mass is 16.3. The molecule has 2 bridgehead atoms. The molecule has 0 aliphatic heterocycles. The third-order valence-corrected chi connectivity index (χ3v) is 5.40. The largest absolute Gasteiger partial charge is 0.506 e. The molecule has 0 heterocycles. The van der Waals surface area contributed by atoms with Gasteiger partial charge in [0.2, 0.25) is 0 Å². The first-order valence-corrected chi connectivity index (χ1v) is 8.35. The van der Waals surface area contributed by atoms with Gasteiger partial charge in [-0.1, -0.05) is 12.5 Å². The van der Waals surface area contributed by atoms with Crippen molar-refractivity contribution in [2.45, 2.75) is 45.6 Å². The van der Waals surface area contributed by atoms with Gasteiger partial charge in [-0.05, 0) is 68.6 Å². The molecule has 4 unspecified atom stereocenters. The lowest BCUT2D eigenvalue weighted by Gasteiger charge is -2.28. The summed E-state index contributed by atoms with van der Waals surface area (Å²) >= 11 is 0. The molecular weight excluding hydrogens is 292 g/mol. The van der Waals surface area contributed by atoms with E-state index < -0.39 is 11.8 Å². The predicted octanol–water partition coefficient (Wildman–Crippen LogP) is 2.58. The van der Waals surface area contributed by atoms with Crippen molar-refractivity contribution in [3.05, 3.63) is 23.8 Å². The van der Waals surface area contributed by atoms with Crippen LogP contribution in [0.1, 0.15) is 38.2 Å². The Balaban J connectivity index is 1.56. The highest BCUT2D eigenvalue weighted by Crippen LogP contribution is 2.49. The highest BCUT2D eigenvalue weighted by molar-refractivity contribution is 6.39. The molecule has 2 aliphatic carbocycles. The number of hydrogen-bond donors (Lipinski definition) is 3. The van der Waals surface area contributed by atoms with Crippen LogP contribution >= 0.6 is 0 Å². The zero-order chi connectivity index (χ0) is 16.6. The van der Waals surface area contributed by atoms with Crippen LogP contribution in [0.15, 0.2) is 18.2 Å². The van der Waals surface area contributed by atoms with Crippen LogP contribution in [0.25, 0.3) is 0 Å².